The number of nitrogen functional groups attached to an aromatic ring is 1. The molecule has 2 aromatic carbocycles. The lowest BCUT2D eigenvalue weighted by atomic mass is 9.98. The molecule has 0 aromatic heterocycles. The third-order valence-corrected chi connectivity index (χ3v) is 4.48. The van der Waals surface area contributed by atoms with Gasteiger partial charge >= 0.3 is 18.1 Å². The number of rotatable bonds is 6. The largest absolute Gasteiger partial charge is 0.490 e. The van der Waals surface area contributed by atoms with E-state index < -0.39 is 18.1 Å². The molecule has 0 atom stereocenters. The molecule has 0 saturated heterocycles. The predicted octanol–water partition coefficient (Wildman–Crippen LogP) is 2.27. The first-order valence-corrected chi connectivity index (χ1v) is 9.38. The maximum absolute atomic E-state index is 12.3. The number of halogens is 3. The van der Waals surface area contributed by atoms with Crippen LogP contribution in [0.3, 0.4) is 0 Å². The van der Waals surface area contributed by atoms with Gasteiger partial charge in [0, 0.05) is 17.7 Å². The molecule has 12 heteroatoms. The van der Waals surface area contributed by atoms with E-state index in [0.29, 0.717) is 36.4 Å². The lowest BCUT2D eigenvalue weighted by Crippen LogP contribution is -2.40. The van der Waals surface area contributed by atoms with Crippen LogP contribution in [0.2, 0.25) is 0 Å². The van der Waals surface area contributed by atoms with E-state index in [1.165, 1.54) is 4.90 Å². The molecule has 0 spiro atoms. The Balaban J connectivity index is 0.000000479. The van der Waals surface area contributed by atoms with Gasteiger partial charge < -0.3 is 25.6 Å². The number of fused-ring (bicyclic) bond motifs is 1. The van der Waals surface area contributed by atoms with Crippen molar-refractivity contribution in [2.45, 2.75) is 19.2 Å². The second kappa shape index (κ2) is 10.5. The Kier molecular flexibility index (Phi) is 8.00. The van der Waals surface area contributed by atoms with E-state index in [2.05, 4.69) is 0 Å². The summed E-state index contributed by atoms with van der Waals surface area (Å²) < 4.78 is 37.5. The highest BCUT2D eigenvalue weighted by atomic mass is 19.4. The summed E-state index contributed by atoms with van der Waals surface area (Å²) in [6, 6.07) is 12.5. The summed E-state index contributed by atoms with van der Waals surface area (Å²) in [6.07, 6.45) is -4.49. The first-order chi connectivity index (χ1) is 15.4. The normalized spacial score (nSPS) is 12.8. The molecule has 1 heterocycles. The van der Waals surface area contributed by atoms with Crippen LogP contribution in [0.4, 0.5) is 13.2 Å². The van der Waals surface area contributed by atoms with Crippen LogP contribution in [-0.4, -0.2) is 58.1 Å². The molecular weight excluding hydrogens is 447 g/mol. The lowest BCUT2D eigenvalue weighted by Gasteiger charge is -2.27. The van der Waals surface area contributed by atoms with E-state index in [-0.39, 0.29) is 18.3 Å². The number of hydrogen-bond acceptors (Lipinski definition) is 5. The van der Waals surface area contributed by atoms with Crippen LogP contribution in [0.1, 0.15) is 27.0 Å². The van der Waals surface area contributed by atoms with Crippen LogP contribution in [0, 0.1) is 5.41 Å². The van der Waals surface area contributed by atoms with Gasteiger partial charge in [0.2, 0.25) is 0 Å². The Morgan fingerprint density at radius 3 is 2.24 bits per heavy atom. The zero-order chi connectivity index (χ0) is 24.8. The summed E-state index contributed by atoms with van der Waals surface area (Å²) in [5.74, 6) is -3.36. The smallest absolute Gasteiger partial charge is 0.489 e. The van der Waals surface area contributed by atoms with Crippen molar-refractivity contribution in [2.24, 2.45) is 5.73 Å². The number of benzene rings is 2. The van der Waals surface area contributed by atoms with Crippen LogP contribution in [0.15, 0.2) is 42.5 Å². The summed E-state index contributed by atoms with van der Waals surface area (Å²) in [5, 5.41) is 23.4. The SMILES string of the molecule is N=C(N)c1ccc(COc2ccc3c(c2)CCN(CC(=O)O)C3=O)cc1.O=C(O)C(F)(F)F. The third-order valence-electron chi connectivity index (χ3n) is 4.48. The van der Waals surface area contributed by atoms with Crippen molar-refractivity contribution in [3.05, 3.63) is 64.7 Å². The average Bonchev–Trinajstić information content (AvgIpc) is 2.74. The second-order valence-electron chi connectivity index (χ2n) is 6.89. The van der Waals surface area contributed by atoms with Crippen molar-refractivity contribution < 1.29 is 42.5 Å². The standard InChI is InChI=1S/C19H19N3O4.C2HF3O2/c20-18(21)13-3-1-12(2-4-13)11-26-15-5-6-16-14(9-15)7-8-22(19(16)25)10-17(23)24;3-2(4,5)1(6)7/h1-6,9H,7-8,10-11H2,(H3,20,21)(H,23,24);(H,6,7). The molecule has 0 unspecified atom stereocenters. The van der Waals surface area contributed by atoms with Crippen molar-refractivity contribution in [1.82, 2.24) is 4.90 Å². The molecule has 0 saturated carbocycles. The highest BCUT2D eigenvalue weighted by Crippen LogP contribution is 2.24. The Bertz CT molecular complexity index is 1050. The molecule has 0 radical (unpaired) electrons. The number of carboxylic acids is 2. The van der Waals surface area contributed by atoms with Gasteiger partial charge in [0.1, 0.15) is 24.7 Å². The molecule has 1 aliphatic rings. The Labute approximate surface area is 185 Å². The van der Waals surface area contributed by atoms with Gasteiger partial charge in [-0.3, -0.25) is 15.0 Å². The average molecular weight is 467 g/mol. The Morgan fingerprint density at radius 2 is 1.73 bits per heavy atom. The predicted molar refractivity (Wildman–Crippen MR) is 109 cm³/mol. The zero-order valence-electron chi connectivity index (χ0n) is 17.1. The number of nitrogens with zero attached hydrogens (tertiary/aromatic N) is 1. The topological polar surface area (TPSA) is 154 Å². The van der Waals surface area contributed by atoms with Gasteiger partial charge in [0.05, 0.1) is 0 Å². The van der Waals surface area contributed by atoms with Gasteiger partial charge in [0.25, 0.3) is 5.91 Å². The van der Waals surface area contributed by atoms with Crippen molar-refractivity contribution in [3.8, 4) is 5.75 Å². The minimum atomic E-state index is -5.08. The first-order valence-electron chi connectivity index (χ1n) is 9.38. The molecule has 1 aliphatic heterocycles. The molecule has 3 rings (SSSR count). The van der Waals surface area contributed by atoms with Crippen LogP contribution in [-0.2, 0) is 22.6 Å². The van der Waals surface area contributed by atoms with Crippen LogP contribution in [0.5, 0.6) is 5.75 Å². The summed E-state index contributed by atoms with van der Waals surface area (Å²) in [5.41, 5.74) is 8.42. The Hall–Kier alpha value is -4.09. The molecule has 0 fully saturated rings. The van der Waals surface area contributed by atoms with Gasteiger partial charge in [-0.1, -0.05) is 24.3 Å². The number of ether oxygens (including phenoxy) is 1. The van der Waals surface area contributed by atoms with Crippen molar-refractivity contribution >= 4 is 23.7 Å². The maximum atomic E-state index is 12.3. The molecule has 0 bridgehead atoms. The van der Waals surface area contributed by atoms with Crippen LogP contribution in [0.25, 0.3) is 0 Å². The summed E-state index contributed by atoms with van der Waals surface area (Å²) >= 11 is 0. The van der Waals surface area contributed by atoms with E-state index in [0.717, 1.165) is 11.1 Å². The minimum Gasteiger partial charge on any atom is -0.489 e. The molecule has 1 amide bonds. The van der Waals surface area contributed by atoms with Gasteiger partial charge in [-0.05, 0) is 35.7 Å². The fourth-order valence-electron chi connectivity index (χ4n) is 2.86. The van der Waals surface area contributed by atoms with E-state index in [9.17, 15) is 22.8 Å². The van der Waals surface area contributed by atoms with E-state index >= 15 is 0 Å². The number of hydrogen-bond donors (Lipinski definition) is 4. The summed E-state index contributed by atoms with van der Waals surface area (Å²) in [7, 11) is 0. The van der Waals surface area contributed by atoms with Gasteiger partial charge in [0.15, 0.2) is 0 Å². The van der Waals surface area contributed by atoms with E-state index in [4.69, 9.17) is 30.9 Å². The quantitative estimate of drug-likeness (QED) is 0.375. The van der Waals surface area contributed by atoms with Gasteiger partial charge in [-0.15, -0.1) is 0 Å². The van der Waals surface area contributed by atoms with Gasteiger partial charge in [-0.2, -0.15) is 13.2 Å². The summed E-state index contributed by atoms with van der Waals surface area (Å²) in [6.45, 7) is 0.455. The first kappa shape index (κ1) is 25.2. The fourth-order valence-corrected chi connectivity index (χ4v) is 2.86. The highest BCUT2D eigenvalue weighted by molar-refractivity contribution is 5.98. The number of carboxylic acid groups (broad SMARTS) is 2. The number of carbonyl (C=O) groups excluding carboxylic acids is 1. The maximum Gasteiger partial charge on any atom is 0.490 e. The van der Waals surface area contributed by atoms with Crippen molar-refractivity contribution in [1.29, 1.82) is 5.41 Å². The molecule has 2 aromatic rings. The molecule has 9 nitrogen and oxygen atoms in total. The van der Waals surface area contributed by atoms with Crippen molar-refractivity contribution in [3.63, 3.8) is 0 Å². The van der Waals surface area contributed by atoms with Gasteiger partial charge in [-0.25, -0.2) is 4.79 Å². The van der Waals surface area contributed by atoms with Crippen LogP contribution < -0.4 is 10.5 Å². The van der Waals surface area contributed by atoms with E-state index in [1.54, 1.807) is 24.3 Å². The van der Waals surface area contributed by atoms with E-state index in [1.807, 2.05) is 18.2 Å². The van der Waals surface area contributed by atoms with Crippen LogP contribution >= 0.6 is 0 Å². The second-order valence-corrected chi connectivity index (χ2v) is 6.89. The highest BCUT2D eigenvalue weighted by Gasteiger charge is 2.38. The fraction of sp³-hybridized carbons (Fsp3) is 0.238. The molecule has 176 valence electrons. The minimum absolute atomic E-state index is 0.0220. The zero-order valence-corrected chi connectivity index (χ0v) is 17.1. The number of carbonyl (C=O) groups is 3. The number of aliphatic carboxylic acids is 2. The number of amides is 1. The molecule has 5 N–H and O–H groups in total. The third kappa shape index (κ3) is 7.23. The Morgan fingerprint density at radius 1 is 1.12 bits per heavy atom. The number of amidine groups is 1. The molecule has 33 heavy (non-hydrogen) atoms. The number of nitrogens with one attached hydrogen (secondary N) is 1. The molecule has 0 aliphatic carbocycles. The number of alkyl halides is 3. The number of nitrogens with two attached hydrogens (primary N) is 1. The summed E-state index contributed by atoms with van der Waals surface area (Å²) in [4.78, 5) is 33.4. The monoisotopic (exact) mass is 467 g/mol. The lowest BCUT2D eigenvalue weighted by molar-refractivity contribution is -0.192. The van der Waals surface area contributed by atoms with Crippen molar-refractivity contribution in [2.75, 3.05) is 13.1 Å². The molecular formula is C21H20F3N3O6.